The van der Waals surface area contributed by atoms with Crippen molar-refractivity contribution in [2.45, 2.75) is 13.5 Å². The summed E-state index contributed by atoms with van der Waals surface area (Å²) in [6, 6.07) is 3.80. The lowest BCUT2D eigenvalue weighted by Crippen LogP contribution is -2.13. The molecule has 0 aliphatic heterocycles. The molecule has 4 heteroatoms. The maximum absolute atomic E-state index is 5.47. The van der Waals surface area contributed by atoms with Gasteiger partial charge in [0.15, 0.2) is 0 Å². The van der Waals surface area contributed by atoms with Crippen LogP contribution < -0.4 is 10.1 Å². The summed E-state index contributed by atoms with van der Waals surface area (Å²) in [5.74, 6) is 0.843. The third-order valence-electron chi connectivity index (χ3n) is 1.90. The molecular formula is C11H18N2O2. The molecule has 1 heterocycles. The van der Waals surface area contributed by atoms with Crippen molar-refractivity contribution in [1.82, 2.24) is 10.3 Å². The zero-order valence-electron chi connectivity index (χ0n) is 9.32. The molecule has 0 bridgehead atoms. The van der Waals surface area contributed by atoms with Gasteiger partial charge in [-0.3, -0.25) is 4.98 Å². The van der Waals surface area contributed by atoms with Crippen LogP contribution in [0.3, 0.4) is 0 Å². The Morgan fingerprint density at radius 3 is 3.00 bits per heavy atom. The van der Waals surface area contributed by atoms with Gasteiger partial charge in [0, 0.05) is 25.9 Å². The number of nitrogens with zero attached hydrogens (tertiary/aromatic N) is 1. The summed E-state index contributed by atoms with van der Waals surface area (Å²) in [5, 5.41) is 3.22. The quantitative estimate of drug-likeness (QED) is 0.687. The Kier molecular flexibility index (Phi) is 5.73. The van der Waals surface area contributed by atoms with Gasteiger partial charge >= 0.3 is 0 Å². The second-order valence-electron chi connectivity index (χ2n) is 3.10. The summed E-state index contributed by atoms with van der Waals surface area (Å²) in [6.45, 7) is 4.96. The minimum Gasteiger partial charge on any atom is -0.491 e. The lowest BCUT2D eigenvalue weighted by Gasteiger charge is -2.07. The highest BCUT2D eigenvalue weighted by Gasteiger charge is 1.97. The van der Waals surface area contributed by atoms with Gasteiger partial charge in [0.05, 0.1) is 12.3 Å². The van der Waals surface area contributed by atoms with Gasteiger partial charge in [0.25, 0.3) is 0 Å². The van der Waals surface area contributed by atoms with E-state index >= 15 is 0 Å². The number of hydrogen-bond acceptors (Lipinski definition) is 4. The van der Waals surface area contributed by atoms with Crippen LogP contribution in [-0.2, 0) is 11.3 Å². The first kappa shape index (κ1) is 11.9. The zero-order chi connectivity index (χ0) is 10.9. The van der Waals surface area contributed by atoms with Crippen LogP contribution >= 0.6 is 0 Å². The molecular weight excluding hydrogens is 192 g/mol. The van der Waals surface area contributed by atoms with Crippen LogP contribution in [0.2, 0.25) is 0 Å². The third kappa shape index (κ3) is 4.76. The highest BCUT2D eigenvalue weighted by Crippen LogP contribution is 2.10. The Morgan fingerprint density at radius 2 is 2.27 bits per heavy atom. The number of rotatable bonds is 7. The van der Waals surface area contributed by atoms with E-state index in [1.165, 1.54) is 0 Å². The molecule has 0 fully saturated rings. The van der Waals surface area contributed by atoms with Crippen LogP contribution in [0, 0.1) is 0 Å². The van der Waals surface area contributed by atoms with Crippen molar-refractivity contribution in [2.24, 2.45) is 0 Å². The predicted octanol–water partition coefficient (Wildman–Crippen LogP) is 1.22. The van der Waals surface area contributed by atoms with E-state index in [-0.39, 0.29) is 0 Å². The summed E-state index contributed by atoms with van der Waals surface area (Å²) < 4.78 is 10.4. The average molecular weight is 210 g/mol. The van der Waals surface area contributed by atoms with Crippen LogP contribution in [0.5, 0.6) is 5.75 Å². The van der Waals surface area contributed by atoms with Gasteiger partial charge in [0.1, 0.15) is 12.4 Å². The van der Waals surface area contributed by atoms with E-state index in [2.05, 4.69) is 17.2 Å². The molecule has 0 radical (unpaired) electrons. The van der Waals surface area contributed by atoms with Crippen molar-refractivity contribution in [3.05, 3.63) is 24.0 Å². The first-order chi connectivity index (χ1) is 7.36. The molecule has 1 N–H and O–H groups in total. The van der Waals surface area contributed by atoms with E-state index in [4.69, 9.17) is 9.47 Å². The van der Waals surface area contributed by atoms with E-state index in [1.807, 2.05) is 12.1 Å². The Morgan fingerprint density at radius 1 is 1.40 bits per heavy atom. The van der Waals surface area contributed by atoms with E-state index in [9.17, 15) is 0 Å². The molecule has 0 aliphatic carbocycles. The Balaban J connectivity index is 2.42. The number of methoxy groups -OCH3 is 1. The maximum atomic E-state index is 5.47. The highest BCUT2D eigenvalue weighted by molar-refractivity contribution is 5.22. The molecule has 15 heavy (non-hydrogen) atoms. The van der Waals surface area contributed by atoms with Gasteiger partial charge in [-0.2, -0.15) is 0 Å². The summed E-state index contributed by atoms with van der Waals surface area (Å²) >= 11 is 0. The largest absolute Gasteiger partial charge is 0.491 e. The average Bonchev–Trinajstić information content (AvgIpc) is 2.27. The molecule has 0 aromatic carbocycles. The third-order valence-corrected chi connectivity index (χ3v) is 1.90. The summed E-state index contributed by atoms with van der Waals surface area (Å²) in [5.41, 5.74) is 0.992. The fraction of sp³-hybridized carbons (Fsp3) is 0.545. The van der Waals surface area contributed by atoms with E-state index in [0.29, 0.717) is 13.2 Å². The van der Waals surface area contributed by atoms with Crippen molar-refractivity contribution in [3.8, 4) is 5.75 Å². The molecule has 0 unspecified atom stereocenters. The van der Waals surface area contributed by atoms with Crippen LogP contribution in [0.4, 0.5) is 0 Å². The Hall–Kier alpha value is -1.13. The minimum absolute atomic E-state index is 0.571. The van der Waals surface area contributed by atoms with Gasteiger partial charge in [-0.05, 0) is 12.6 Å². The molecule has 4 nitrogen and oxygen atoms in total. The van der Waals surface area contributed by atoms with E-state index in [0.717, 1.165) is 24.5 Å². The van der Waals surface area contributed by atoms with Crippen LogP contribution in [0.25, 0.3) is 0 Å². The summed E-state index contributed by atoms with van der Waals surface area (Å²) in [4.78, 5) is 4.23. The van der Waals surface area contributed by atoms with Gasteiger partial charge in [-0.25, -0.2) is 0 Å². The smallest absolute Gasteiger partial charge is 0.122 e. The standard InChI is InChI=1S/C11H18N2O2/c1-3-12-9-10-8-11(4-5-13-10)15-7-6-14-2/h4-5,8,12H,3,6-7,9H2,1-2H3. The van der Waals surface area contributed by atoms with Crippen LogP contribution in [-0.4, -0.2) is 31.9 Å². The van der Waals surface area contributed by atoms with Crippen molar-refractivity contribution in [1.29, 1.82) is 0 Å². The lowest BCUT2D eigenvalue weighted by atomic mass is 10.3. The lowest BCUT2D eigenvalue weighted by molar-refractivity contribution is 0.146. The normalized spacial score (nSPS) is 10.3. The fourth-order valence-electron chi connectivity index (χ4n) is 1.14. The summed E-state index contributed by atoms with van der Waals surface area (Å²) in [6.07, 6.45) is 1.76. The van der Waals surface area contributed by atoms with Gasteiger partial charge in [-0.15, -0.1) is 0 Å². The molecule has 1 aromatic heterocycles. The maximum Gasteiger partial charge on any atom is 0.122 e. The van der Waals surface area contributed by atoms with Crippen molar-refractivity contribution >= 4 is 0 Å². The molecule has 1 aromatic rings. The highest BCUT2D eigenvalue weighted by atomic mass is 16.5. The number of nitrogens with one attached hydrogen (secondary N) is 1. The molecule has 0 amide bonds. The minimum atomic E-state index is 0.571. The monoisotopic (exact) mass is 210 g/mol. The molecule has 0 saturated heterocycles. The number of hydrogen-bond donors (Lipinski definition) is 1. The fourth-order valence-corrected chi connectivity index (χ4v) is 1.14. The molecule has 0 atom stereocenters. The van der Waals surface area contributed by atoms with Crippen LogP contribution in [0.15, 0.2) is 18.3 Å². The number of ether oxygens (including phenoxy) is 2. The predicted molar refractivity (Wildman–Crippen MR) is 59.0 cm³/mol. The zero-order valence-corrected chi connectivity index (χ0v) is 9.32. The molecule has 1 rings (SSSR count). The molecule has 0 saturated carbocycles. The van der Waals surface area contributed by atoms with Crippen molar-refractivity contribution in [2.75, 3.05) is 26.9 Å². The summed E-state index contributed by atoms with van der Waals surface area (Å²) in [7, 11) is 1.66. The molecule has 0 aliphatic rings. The first-order valence-corrected chi connectivity index (χ1v) is 5.14. The molecule has 0 spiro atoms. The van der Waals surface area contributed by atoms with Gasteiger partial charge in [-0.1, -0.05) is 6.92 Å². The number of aromatic nitrogens is 1. The Bertz CT molecular complexity index is 279. The first-order valence-electron chi connectivity index (χ1n) is 5.14. The van der Waals surface area contributed by atoms with Crippen molar-refractivity contribution < 1.29 is 9.47 Å². The van der Waals surface area contributed by atoms with Gasteiger partial charge in [0.2, 0.25) is 0 Å². The van der Waals surface area contributed by atoms with Crippen molar-refractivity contribution in [3.63, 3.8) is 0 Å². The van der Waals surface area contributed by atoms with E-state index < -0.39 is 0 Å². The topological polar surface area (TPSA) is 43.4 Å². The van der Waals surface area contributed by atoms with Crippen LogP contribution in [0.1, 0.15) is 12.6 Å². The van der Waals surface area contributed by atoms with Gasteiger partial charge < -0.3 is 14.8 Å². The number of pyridine rings is 1. The Labute approximate surface area is 90.6 Å². The second-order valence-corrected chi connectivity index (χ2v) is 3.10. The second kappa shape index (κ2) is 7.20. The van der Waals surface area contributed by atoms with E-state index in [1.54, 1.807) is 13.3 Å². The molecule has 84 valence electrons. The SMILES string of the molecule is CCNCc1cc(OCCOC)ccn1.